The molecule has 1 N–H and O–H groups in total. The van der Waals surface area contributed by atoms with Gasteiger partial charge in [-0.1, -0.05) is 12.1 Å². The number of ether oxygens (including phenoxy) is 1. The van der Waals surface area contributed by atoms with Gasteiger partial charge in [0, 0.05) is 19.5 Å². The van der Waals surface area contributed by atoms with Gasteiger partial charge in [0.15, 0.2) is 0 Å². The first-order chi connectivity index (χ1) is 10.1. The van der Waals surface area contributed by atoms with E-state index in [1.807, 2.05) is 38.1 Å². The number of nitrogens with zero attached hydrogens (tertiary/aromatic N) is 1. The number of carbonyl (C=O) groups is 2. The quantitative estimate of drug-likeness (QED) is 0.898. The molecule has 1 aromatic rings. The summed E-state index contributed by atoms with van der Waals surface area (Å²) in [6.45, 7) is 5.00. The summed E-state index contributed by atoms with van der Waals surface area (Å²) in [5, 5.41) is 2.83. The highest BCUT2D eigenvalue weighted by Gasteiger charge is 2.43. The zero-order valence-corrected chi connectivity index (χ0v) is 12.8. The van der Waals surface area contributed by atoms with E-state index in [1.165, 1.54) is 0 Å². The van der Waals surface area contributed by atoms with Crippen LogP contribution >= 0.6 is 0 Å². The molecule has 5 heteroatoms. The molecule has 0 radical (unpaired) electrons. The van der Waals surface area contributed by atoms with Gasteiger partial charge in [-0.3, -0.25) is 9.59 Å². The van der Waals surface area contributed by atoms with Crippen molar-refractivity contribution in [1.29, 1.82) is 0 Å². The highest BCUT2D eigenvalue weighted by molar-refractivity contribution is 5.90. The second-order valence-electron chi connectivity index (χ2n) is 5.10. The molecule has 1 heterocycles. The summed E-state index contributed by atoms with van der Waals surface area (Å²) in [6, 6.07) is 7.38. The van der Waals surface area contributed by atoms with Crippen LogP contribution in [0.15, 0.2) is 24.3 Å². The van der Waals surface area contributed by atoms with Crippen molar-refractivity contribution in [3.05, 3.63) is 29.8 Å². The SMILES string of the molecule is CCNC(=O)[C@@H]1CC(=O)N(CC)[C@H]1c1ccc(OC)cc1. The van der Waals surface area contributed by atoms with Crippen molar-refractivity contribution in [1.82, 2.24) is 10.2 Å². The zero-order valence-electron chi connectivity index (χ0n) is 12.8. The van der Waals surface area contributed by atoms with Crippen molar-refractivity contribution < 1.29 is 14.3 Å². The van der Waals surface area contributed by atoms with Gasteiger partial charge >= 0.3 is 0 Å². The second kappa shape index (κ2) is 6.61. The van der Waals surface area contributed by atoms with Crippen LogP contribution < -0.4 is 10.1 Å². The van der Waals surface area contributed by atoms with Gasteiger partial charge in [0.1, 0.15) is 5.75 Å². The van der Waals surface area contributed by atoms with Crippen molar-refractivity contribution in [3.63, 3.8) is 0 Å². The van der Waals surface area contributed by atoms with Gasteiger partial charge in [-0.05, 0) is 31.5 Å². The van der Waals surface area contributed by atoms with Gasteiger partial charge in [-0.15, -0.1) is 0 Å². The number of amides is 2. The summed E-state index contributed by atoms with van der Waals surface area (Å²) >= 11 is 0. The Morgan fingerprint density at radius 3 is 2.52 bits per heavy atom. The van der Waals surface area contributed by atoms with Crippen molar-refractivity contribution in [2.45, 2.75) is 26.3 Å². The number of carbonyl (C=O) groups excluding carboxylic acids is 2. The molecule has 0 spiro atoms. The minimum Gasteiger partial charge on any atom is -0.497 e. The van der Waals surface area contributed by atoms with Crippen molar-refractivity contribution in [2.75, 3.05) is 20.2 Å². The van der Waals surface area contributed by atoms with E-state index in [9.17, 15) is 9.59 Å². The first kappa shape index (κ1) is 15.4. The molecule has 114 valence electrons. The smallest absolute Gasteiger partial charge is 0.226 e. The molecule has 2 amide bonds. The molecule has 0 aliphatic carbocycles. The molecule has 0 saturated carbocycles. The Labute approximate surface area is 125 Å². The van der Waals surface area contributed by atoms with E-state index in [4.69, 9.17) is 4.74 Å². The Hall–Kier alpha value is -2.04. The fourth-order valence-corrected chi connectivity index (χ4v) is 2.92. The second-order valence-corrected chi connectivity index (χ2v) is 5.10. The van der Waals surface area contributed by atoms with E-state index in [2.05, 4.69) is 5.32 Å². The van der Waals surface area contributed by atoms with Crippen LogP contribution in [0.25, 0.3) is 0 Å². The summed E-state index contributed by atoms with van der Waals surface area (Å²) in [4.78, 5) is 26.2. The molecule has 21 heavy (non-hydrogen) atoms. The number of methoxy groups -OCH3 is 1. The van der Waals surface area contributed by atoms with E-state index in [0.29, 0.717) is 13.1 Å². The van der Waals surface area contributed by atoms with Crippen molar-refractivity contribution in [3.8, 4) is 5.75 Å². The average molecular weight is 290 g/mol. The first-order valence-corrected chi connectivity index (χ1v) is 7.33. The molecule has 0 bridgehead atoms. The Kier molecular flexibility index (Phi) is 4.83. The fraction of sp³-hybridized carbons (Fsp3) is 0.500. The molecule has 2 atom stereocenters. The molecule has 1 fully saturated rings. The molecule has 2 rings (SSSR count). The molecule has 0 unspecified atom stereocenters. The lowest BCUT2D eigenvalue weighted by atomic mass is 9.92. The average Bonchev–Trinajstić information content (AvgIpc) is 2.84. The minimum absolute atomic E-state index is 0.0366. The normalized spacial score (nSPS) is 21.5. The number of nitrogens with one attached hydrogen (secondary N) is 1. The lowest BCUT2D eigenvalue weighted by Crippen LogP contribution is -2.35. The van der Waals surface area contributed by atoms with Crippen LogP contribution in [0.4, 0.5) is 0 Å². The summed E-state index contributed by atoms with van der Waals surface area (Å²) in [5.41, 5.74) is 0.972. The number of hydrogen-bond donors (Lipinski definition) is 1. The summed E-state index contributed by atoms with van der Waals surface area (Å²) < 4.78 is 5.16. The monoisotopic (exact) mass is 290 g/mol. The van der Waals surface area contributed by atoms with Crippen molar-refractivity contribution >= 4 is 11.8 Å². The molecule has 5 nitrogen and oxygen atoms in total. The molecule has 1 aliphatic rings. The predicted octanol–water partition coefficient (Wildman–Crippen LogP) is 1.74. The summed E-state index contributed by atoms with van der Waals surface area (Å²) in [5.74, 6) is 0.420. The summed E-state index contributed by atoms with van der Waals surface area (Å²) in [7, 11) is 1.62. The Morgan fingerprint density at radius 1 is 1.33 bits per heavy atom. The maximum absolute atomic E-state index is 12.2. The van der Waals surface area contributed by atoms with E-state index >= 15 is 0 Å². The maximum Gasteiger partial charge on any atom is 0.226 e. The Bertz CT molecular complexity index is 513. The molecule has 0 aromatic heterocycles. The van der Waals surface area contributed by atoms with Crippen LogP contribution in [0.1, 0.15) is 31.9 Å². The minimum atomic E-state index is -0.328. The van der Waals surface area contributed by atoms with Crippen LogP contribution in [0.3, 0.4) is 0 Å². The van der Waals surface area contributed by atoms with E-state index in [0.717, 1.165) is 11.3 Å². The highest BCUT2D eigenvalue weighted by atomic mass is 16.5. The third kappa shape index (κ3) is 3.01. The number of hydrogen-bond acceptors (Lipinski definition) is 3. The van der Waals surface area contributed by atoms with E-state index in [1.54, 1.807) is 12.0 Å². The lowest BCUT2D eigenvalue weighted by Gasteiger charge is -2.27. The third-order valence-corrected chi connectivity index (χ3v) is 3.92. The Balaban J connectivity index is 2.32. The van der Waals surface area contributed by atoms with Crippen LogP contribution in [0.2, 0.25) is 0 Å². The van der Waals surface area contributed by atoms with Gasteiger partial charge in [0.05, 0.1) is 19.1 Å². The largest absolute Gasteiger partial charge is 0.497 e. The van der Waals surface area contributed by atoms with Crippen LogP contribution in [-0.4, -0.2) is 36.9 Å². The van der Waals surface area contributed by atoms with Gasteiger partial charge < -0.3 is 15.0 Å². The van der Waals surface area contributed by atoms with Crippen LogP contribution in [0.5, 0.6) is 5.75 Å². The Morgan fingerprint density at radius 2 is 2.00 bits per heavy atom. The number of rotatable bonds is 5. The molecular formula is C16H22N2O3. The van der Waals surface area contributed by atoms with Crippen LogP contribution in [-0.2, 0) is 9.59 Å². The van der Waals surface area contributed by atoms with E-state index in [-0.39, 0.29) is 30.2 Å². The van der Waals surface area contributed by atoms with Gasteiger partial charge in [-0.25, -0.2) is 0 Å². The number of likely N-dealkylation sites (tertiary alicyclic amines) is 1. The maximum atomic E-state index is 12.2. The van der Waals surface area contributed by atoms with Gasteiger partial charge in [0.25, 0.3) is 0 Å². The fourth-order valence-electron chi connectivity index (χ4n) is 2.92. The van der Waals surface area contributed by atoms with Crippen molar-refractivity contribution in [2.24, 2.45) is 5.92 Å². The predicted molar refractivity (Wildman–Crippen MR) is 79.9 cm³/mol. The van der Waals surface area contributed by atoms with Crippen LogP contribution in [0, 0.1) is 5.92 Å². The molecular weight excluding hydrogens is 268 g/mol. The molecule has 1 aliphatic heterocycles. The topological polar surface area (TPSA) is 58.6 Å². The highest BCUT2D eigenvalue weighted by Crippen LogP contribution is 2.38. The third-order valence-electron chi connectivity index (χ3n) is 3.92. The molecule has 1 aromatic carbocycles. The van der Waals surface area contributed by atoms with Gasteiger partial charge in [-0.2, -0.15) is 0 Å². The standard InChI is InChI=1S/C16H22N2O3/c1-4-17-16(20)13-10-14(19)18(5-2)15(13)11-6-8-12(21-3)9-7-11/h6-9,13,15H,4-5,10H2,1-3H3,(H,17,20)/t13-,15+/m1/s1. The lowest BCUT2D eigenvalue weighted by molar-refractivity contribution is -0.129. The molecule has 1 saturated heterocycles. The first-order valence-electron chi connectivity index (χ1n) is 7.33. The zero-order chi connectivity index (χ0) is 15.4. The van der Waals surface area contributed by atoms with E-state index < -0.39 is 0 Å². The summed E-state index contributed by atoms with van der Waals surface area (Å²) in [6.07, 6.45) is 0.274. The van der Waals surface area contributed by atoms with Gasteiger partial charge in [0.2, 0.25) is 11.8 Å². The number of benzene rings is 1.